The van der Waals surface area contributed by atoms with Crippen LogP contribution in [0, 0.1) is 0 Å². The molecule has 0 atom stereocenters. The van der Waals surface area contributed by atoms with Crippen LogP contribution in [0.3, 0.4) is 0 Å². The van der Waals surface area contributed by atoms with Crippen LogP contribution in [0.2, 0.25) is 5.02 Å². The molecule has 0 bridgehead atoms. The molecule has 0 radical (unpaired) electrons. The van der Waals surface area contributed by atoms with Gasteiger partial charge in [-0.3, -0.25) is 15.6 Å². The predicted molar refractivity (Wildman–Crippen MR) is 92.4 cm³/mol. The van der Waals surface area contributed by atoms with Gasteiger partial charge >= 0.3 is 0 Å². The summed E-state index contributed by atoms with van der Waals surface area (Å²) in [5.41, 5.74) is 6.29. The van der Waals surface area contributed by atoms with E-state index in [1.165, 1.54) is 0 Å². The third kappa shape index (κ3) is 4.70. The molecular formula is C14H11BrClN3OS. The molecule has 0 aromatic heterocycles. The zero-order valence-electron chi connectivity index (χ0n) is 10.7. The quantitative estimate of drug-likeness (QED) is 0.545. The van der Waals surface area contributed by atoms with Crippen LogP contribution in [-0.4, -0.2) is 11.0 Å². The molecule has 2 aromatic carbocycles. The maximum atomic E-state index is 11.9. The molecule has 0 saturated carbocycles. The van der Waals surface area contributed by atoms with Gasteiger partial charge in [0.2, 0.25) is 0 Å². The lowest BCUT2D eigenvalue weighted by Gasteiger charge is -2.12. The van der Waals surface area contributed by atoms with E-state index in [9.17, 15) is 4.79 Å². The SMILES string of the molecule is O=C(NNC(=S)Nc1ccc(Br)cc1)c1ccccc1Cl. The number of hydrazine groups is 1. The van der Waals surface area contributed by atoms with Crippen molar-refractivity contribution in [3.63, 3.8) is 0 Å². The van der Waals surface area contributed by atoms with Crippen LogP contribution < -0.4 is 16.2 Å². The molecule has 1 amide bonds. The van der Waals surface area contributed by atoms with Gasteiger partial charge in [0.05, 0.1) is 10.6 Å². The first-order valence-electron chi connectivity index (χ1n) is 5.93. The summed E-state index contributed by atoms with van der Waals surface area (Å²) in [6.45, 7) is 0. The van der Waals surface area contributed by atoms with Gasteiger partial charge in [0.1, 0.15) is 0 Å². The van der Waals surface area contributed by atoms with Gasteiger partial charge in [-0.2, -0.15) is 0 Å². The number of carbonyl (C=O) groups is 1. The normalized spacial score (nSPS) is 9.81. The number of hydrogen-bond donors (Lipinski definition) is 3. The van der Waals surface area contributed by atoms with Crippen molar-refractivity contribution in [1.29, 1.82) is 0 Å². The molecule has 3 N–H and O–H groups in total. The number of rotatable bonds is 2. The number of anilines is 1. The lowest BCUT2D eigenvalue weighted by Crippen LogP contribution is -2.43. The van der Waals surface area contributed by atoms with Crippen LogP contribution in [0.4, 0.5) is 5.69 Å². The number of halogens is 2. The maximum absolute atomic E-state index is 11.9. The van der Waals surface area contributed by atoms with Crippen LogP contribution in [0.15, 0.2) is 53.0 Å². The molecule has 2 aromatic rings. The van der Waals surface area contributed by atoms with E-state index >= 15 is 0 Å². The first-order valence-corrected chi connectivity index (χ1v) is 7.51. The Morgan fingerprint density at radius 1 is 1.05 bits per heavy atom. The summed E-state index contributed by atoms with van der Waals surface area (Å²) in [4.78, 5) is 11.9. The minimum Gasteiger partial charge on any atom is -0.331 e. The van der Waals surface area contributed by atoms with E-state index in [4.69, 9.17) is 23.8 Å². The number of carbonyl (C=O) groups excluding carboxylic acids is 1. The molecule has 0 fully saturated rings. The number of amides is 1. The standard InChI is InChI=1S/C14H11BrClN3OS/c15-9-5-7-10(8-6-9)17-14(21)19-18-13(20)11-3-1-2-4-12(11)16/h1-8H,(H,18,20)(H2,17,19,21). The highest BCUT2D eigenvalue weighted by Crippen LogP contribution is 2.15. The van der Waals surface area contributed by atoms with Crippen LogP contribution >= 0.6 is 39.7 Å². The molecular weight excluding hydrogens is 374 g/mol. The summed E-state index contributed by atoms with van der Waals surface area (Å²) in [5.74, 6) is -0.361. The van der Waals surface area contributed by atoms with Crippen LogP contribution in [0.5, 0.6) is 0 Å². The summed E-state index contributed by atoms with van der Waals surface area (Å²) in [6.07, 6.45) is 0. The summed E-state index contributed by atoms with van der Waals surface area (Å²) in [6, 6.07) is 14.2. The fourth-order valence-electron chi connectivity index (χ4n) is 1.52. The van der Waals surface area contributed by atoms with Crippen molar-refractivity contribution in [1.82, 2.24) is 10.9 Å². The lowest BCUT2D eigenvalue weighted by molar-refractivity contribution is 0.0944. The Balaban J connectivity index is 1.88. The maximum Gasteiger partial charge on any atom is 0.271 e. The first-order chi connectivity index (χ1) is 10.1. The fourth-order valence-corrected chi connectivity index (χ4v) is 2.18. The molecule has 7 heteroatoms. The molecule has 0 aliphatic carbocycles. The number of thiocarbonyl (C=S) groups is 1. The zero-order chi connectivity index (χ0) is 15.2. The molecule has 0 unspecified atom stereocenters. The molecule has 4 nitrogen and oxygen atoms in total. The Hall–Kier alpha value is -1.63. The van der Waals surface area contributed by atoms with E-state index in [1.54, 1.807) is 24.3 Å². The monoisotopic (exact) mass is 383 g/mol. The second kappa shape index (κ2) is 7.40. The summed E-state index contributed by atoms with van der Waals surface area (Å²) >= 11 is 14.4. The third-order valence-electron chi connectivity index (χ3n) is 2.51. The highest BCUT2D eigenvalue weighted by molar-refractivity contribution is 9.10. The van der Waals surface area contributed by atoms with Crippen molar-refractivity contribution < 1.29 is 4.79 Å². The number of hydrogen-bond acceptors (Lipinski definition) is 2. The highest BCUT2D eigenvalue weighted by atomic mass is 79.9. The molecule has 0 heterocycles. The molecule has 0 aliphatic rings. The zero-order valence-corrected chi connectivity index (χ0v) is 13.8. The Kier molecular flexibility index (Phi) is 5.55. The minimum atomic E-state index is -0.361. The molecule has 0 saturated heterocycles. The van der Waals surface area contributed by atoms with Crippen molar-refractivity contribution in [2.45, 2.75) is 0 Å². The van der Waals surface area contributed by atoms with Gasteiger partial charge in [0.25, 0.3) is 5.91 Å². The second-order valence-electron chi connectivity index (χ2n) is 4.02. The topological polar surface area (TPSA) is 53.2 Å². The van der Waals surface area contributed by atoms with Gasteiger partial charge in [-0.25, -0.2) is 0 Å². The van der Waals surface area contributed by atoms with E-state index in [2.05, 4.69) is 32.1 Å². The predicted octanol–water partition coefficient (Wildman–Crippen LogP) is 3.73. The van der Waals surface area contributed by atoms with Gasteiger partial charge in [-0.15, -0.1) is 0 Å². The second-order valence-corrected chi connectivity index (χ2v) is 5.75. The Morgan fingerprint density at radius 3 is 2.38 bits per heavy atom. The van der Waals surface area contributed by atoms with Crippen molar-refractivity contribution in [3.8, 4) is 0 Å². The summed E-state index contributed by atoms with van der Waals surface area (Å²) in [7, 11) is 0. The molecule has 0 aliphatic heterocycles. The lowest BCUT2D eigenvalue weighted by atomic mass is 10.2. The van der Waals surface area contributed by atoms with E-state index in [0.29, 0.717) is 10.6 Å². The van der Waals surface area contributed by atoms with Crippen molar-refractivity contribution in [2.75, 3.05) is 5.32 Å². The minimum absolute atomic E-state index is 0.276. The van der Waals surface area contributed by atoms with E-state index in [0.717, 1.165) is 10.2 Å². The smallest absolute Gasteiger partial charge is 0.271 e. The van der Waals surface area contributed by atoms with Gasteiger partial charge in [0.15, 0.2) is 5.11 Å². The number of benzene rings is 2. The van der Waals surface area contributed by atoms with Crippen LogP contribution in [-0.2, 0) is 0 Å². The van der Waals surface area contributed by atoms with Gasteiger partial charge < -0.3 is 5.32 Å². The highest BCUT2D eigenvalue weighted by Gasteiger charge is 2.09. The van der Waals surface area contributed by atoms with Crippen molar-refractivity contribution >= 4 is 56.5 Å². The average Bonchev–Trinajstić information content (AvgIpc) is 2.48. The first kappa shape index (κ1) is 15.8. The largest absolute Gasteiger partial charge is 0.331 e. The van der Waals surface area contributed by atoms with Crippen molar-refractivity contribution in [3.05, 3.63) is 63.6 Å². The summed E-state index contributed by atoms with van der Waals surface area (Å²) in [5, 5.41) is 3.60. The Bertz CT molecular complexity index is 664. The van der Waals surface area contributed by atoms with Crippen LogP contribution in [0.25, 0.3) is 0 Å². The summed E-state index contributed by atoms with van der Waals surface area (Å²) < 4.78 is 0.971. The van der Waals surface area contributed by atoms with Gasteiger partial charge in [-0.1, -0.05) is 39.7 Å². The molecule has 2 rings (SSSR count). The number of nitrogens with one attached hydrogen (secondary N) is 3. The average molecular weight is 385 g/mol. The van der Waals surface area contributed by atoms with E-state index in [-0.39, 0.29) is 11.0 Å². The Morgan fingerprint density at radius 2 is 1.71 bits per heavy atom. The van der Waals surface area contributed by atoms with Gasteiger partial charge in [-0.05, 0) is 48.6 Å². The Labute approximate surface area is 141 Å². The molecule has 0 spiro atoms. The van der Waals surface area contributed by atoms with E-state index in [1.807, 2.05) is 24.3 Å². The molecule has 108 valence electrons. The van der Waals surface area contributed by atoms with E-state index < -0.39 is 0 Å². The van der Waals surface area contributed by atoms with Crippen molar-refractivity contribution in [2.24, 2.45) is 0 Å². The fraction of sp³-hybridized carbons (Fsp3) is 0. The molecule has 21 heavy (non-hydrogen) atoms. The van der Waals surface area contributed by atoms with Gasteiger partial charge in [0, 0.05) is 10.2 Å². The third-order valence-corrected chi connectivity index (χ3v) is 3.57. The van der Waals surface area contributed by atoms with Crippen LogP contribution in [0.1, 0.15) is 10.4 Å².